The molecule has 0 aliphatic rings. The molecule has 0 saturated carbocycles. The van der Waals surface area contributed by atoms with E-state index in [1.165, 1.54) is 6.07 Å². The lowest BCUT2D eigenvalue weighted by molar-refractivity contribution is 0.605. The molecular formula is C12H13ClFN3. The molecule has 0 amide bonds. The number of nitrogens with two attached hydrogens (primary N) is 1. The standard InChI is InChI=1S/C12H13ClFN3/c1-2-9(15)11-6-16-7-17(11)10-5-3-4-8(13)12(10)14/h3-7,9H,2,15H2,1H3/t9-/m1/s1. The summed E-state index contributed by atoms with van der Waals surface area (Å²) < 4.78 is 15.5. The van der Waals surface area contributed by atoms with Crippen molar-refractivity contribution in [1.29, 1.82) is 0 Å². The smallest absolute Gasteiger partial charge is 0.165 e. The Bertz CT molecular complexity index is 524. The minimum Gasteiger partial charge on any atom is -0.323 e. The van der Waals surface area contributed by atoms with Crippen LogP contribution in [-0.2, 0) is 0 Å². The number of rotatable bonds is 3. The first kappa shape index (κ1) is 12.1. The van der Waals surface area contributed by atoms with Crippen LogP contribution in [0, 0.1) is 5.82 Å². The third kappa shape index (κ3) is 2.18. The zero-order valence-corrected chi connectivity index (χ0v) is 10.2. The Labute approximate surface area is 104 Å². The number of halogens is 2. The van der Waals surface area contributed by atoms with Crippen LogP contribution < -0.4 is 5.73 Å². The molecule has 1 atom stereocenters. The van der Waals surface area contributed by atoms with Gasteiger partial charge in [0.1, 0.15) is 0 Å². The third-order valence-electron chi connectivity index (χ3n) is 2.68. The molecule has 0 aliphatic carbocycles. The van der Waals surface area contributed by atoms with Crippen molar-refractivity contribution in [2.45, 2.75) is 19.4 Å². The van der Waals surface area contributed by atoms with Crippen molar-refractivity contribution in [3.05, 3.63) is 47.3 Å². The average Bonchev–Trinajstić information content (AvgIpc) is 2.80. The molecule has 0 saturated heterocycles. The van der Waals surface area contributed by atoms with Gasteiger partial charge >= 0.3 is 0 Å². The van der Waals surface area contributed by atoms with Gasteiger partial charge < -0.3 is 5.73 Å². The molecule has 0 spiro atoms. The highest BCUT2D eigenvalue weighted by Gasteiger charge is 2.14. The van der Waals surface area contributed by atoms with E-state index in [0.29, 0.717) is 5.69 Å². The Morgan fingerprint density at radius 3 is 3.00 bits per heavy atom. The van der Waals surface area contributed by atoms with E-state index < -0.39 is 5.82 Å². The van der Waals surface area contributed by atoms with E-state index in [4.69, 9.17) is 17.3 Å². The lowest BCUT2D eigenvalue weighted by atomic mass is 10.2. The molecule has 1 aromatic carbocycles. The van der Waals surface area contributed by atoms with E-state index in [-0.39, 0.29) is 11.1 Å². The second-order valence-electron chi connectivity index (χ2n) is 3.78. The predicted molar refractivity (Wildman–Crippen MR) is 65.8 cm³/mol. The SMILES string of the molecule is CC[C@@H](N)c1cncn1-c1cccc(Cl)c1F. The van der Waals surface area contributed by atoms with Gasteiger partial charge in [-0.1, -0.05) is 24.6 Å². The maximum absolute atomic E-state index is 13.9. The van der Waals surface area contributed by atoms with Gasteiger partial charge in [0.15, 0.2) is 5.82 Å². The summed E-state index contributed by atoms with van der Waals surface area (Å²) in [6, 6.07) is 4.68. The summed E-state index contributed by atoms with van der Waals surface area (Å²) in [6.07, 6.45) is 3.95. The van der Waals surface area contributed by atoms with E-state index in [9.17, 15) is 4.39 Å². The molecule has 5 heteroatoms. The van der Waals surface area contributed by atoms with Gasteiger partial charge in [-0.05, 0) is 18.6 Å². The number of nitrogens with zero attached hydrogens (tertiary/aromatic N) is 2. The van der Waals surface area contributed by atoms with Crippen molar-refractivity contribution in [1.82, 2.24) is 9.55 Å². The van der Waals surface area contributed by atoms with Crippen LogP contribution in [0.25, 0.3) is 5.69 Å². The van der Waals surface area contributed by atoms with Gasteiger partial charge in [-0.2, -0.15) is 0 Å². The fraction of sp³-hybridized carbons (Fsp3) is 0.250. The minimum absolute atomic E-state index is 0.0900. The Hall–Kier alpha value is -1.39. The van der Waals surface area contributed by atoms with Crippen LogP contribution in [-0.4, -0.2) is 9.55 Å². The zero-order valence-electron chi connectivity index (χ0n) is 9.40. The second-order valence-corrected chi connectivity index (χ2v) is 4.18. The summed E-state index contributed by atoms with van der Waals surface area (Å²) in [6.45, 7) is 1.97. The Morgan fingerprint density at radius 2 is 2.29 bits per heavy atom. The van der Waals surface area contributed by atoms with Crippen molar-refractivity contribution >= 4 is 11.6 Å². The van der Waals surface area contributed by atoms with Crippen LogP contribution in [0.5, 0.6) is 0 Å². The zero-order chi connectivity index (χ0) is 12.4. The third-order valence-corrected chi connectivity index (χ3v) is 2.97. The van der Waals surface area contributed by atoms with Crippen LogP contribution in [0.1, 0.15) is 25.1 Å². The average molecular weight is 254 g/mol. The molecule has 0 aliphatic heterocycles. The van der Waals surface area contributed by atoms with Crippen LogP contribution in [0.3, 0.4) is 0 Å². The van der Waals surface area contributed by atoms with E-state index in [1.54, 1.807) is 29.2 Å². The van der Waals surface area contributed by atoms with Gasteiger partial charge in [-0.3, -0.25) is 4.57 Å². The van der Waals surface area contributed by atoms with Crippen LogP contribution >= 0.6 is 11.6 Å². The molecule has 1 aromatic heterocycles. The molecule has 0 unspecified atom stereocenters. The second kappa shape index (κ2) is 4.85. The monoisotopic (exact) mass is 253 g/mol. The first-order valence-electron chi connectivity index (χ1n) is 5.37. The molecule has 90 valence electrons. The number of aromatic nitrogens is 2. The lowest BCUT2D eigenvalue weighted by Gasteiger charge is -2.13. The van der Waals surface area contributed by atoms with Gasteiger partial charge in [-0.15, -0.1) is 0 Å². The van der Waals surface area contributed by atoms with Gasteiger partial charge in [-0.25, -0.2) is 9.37 Å². The summed E-state index contributed by atoms with van der Waals surface area (Å²) in [4.78, 5) is 4.01. The molecule has 2 N–H and O–H groups in total. The number of hydrogen-bond acceptors (Lipinski definition) is 2. The Morgan fingerprint density at radius 1 is 1.53 bits per heavy atom. The summed E-state index contributed by atoms with van der Waals surface area (Å²) >= 11 is 5.76. The van der Waals surface area contributed by atoms with E-state index in [2.05, 4.69) is 4.98 Å². The normalized spacial score (nSPS) is 12.7. The topological polar surface area (TPSA) is 43.8 Å². The van der Waals surface area contributed by atoms with Crippen molar-refractivity contribution in [2.24, 2.45) is 5.73 Å². The number of hydrogen-bond donors (Lipinski definition) is 1. The summed E-state index contributed by atoms with van der Waals surface area (Å²) in [5.41, 5.74) is 7.09. The van der Waals surface area contributed by atoms with Crippen molar-refractivity contribution in [2.75, 3.05) is 0 Å². The van der Waals surface area contributed by atoms with Gasteiger partial charge in [0.2, 0.25) is 0 Å². The summed E-state index contributed by atoms with van der Waals surface area (Å²) in [5, 5.41) is 0.0900. The highest BCUT2D eigenvalue weighted by Crippen LogP contribution is 2.24. The lowest BCUT2D eigenvalue weighted by Crippen LogP contribution is -2.14. The Balaban J connectivity index is 2.54. The first-order chi connectivity index (χ1) is 8.15. The molecule has 2 aromatic rings. The molecule has 0 bridgehead atoms. The van der Waals surface area contributed by atoms with Crippen LogP contribution in [0.4, 0.5) is 4.39 Å². The van der Waals surface area contributed by atoms with Gasteiger partial charge in [0.25, 0.3) is 0 Å². The largest absolute Gasteiger partial charge is 0.323 e. The molecular weight excluding hydrogens is 241 g/mol. The Kier molecular flexibility index (Phi) is 3.45. The quantitative estimate of drug-likeness (QED) is 0.914. The molecule has 1 heterocycles. The number of imidazole rings is 1. The maximum Gasteiger partial charge on any atom is 0.165 e. The van der Waals surface area contributed by atoms with E-state index in [1.807, 2.05) is 6.92 Å². The van der Waals surface area contributed by atoms with Crippen LogP contribution in [0.2, 0.25) is 5.02 Å². The summed E-state index contributed by atoms with van der Waals surface area (Å²) in [7, 11) is 0. The van der Waals surface area contributed by atoms with E-state index >= 15 is 0 Å². The molecule has 0 radical (unpaired) electrons. The molecule has 17 heavy (non-hydrogen) atoms. The van der Waals surface area contributed by atoms with E-state index in [0.717, 1.165) is 12.1 Å². The maximum atomic E-state index is 13.9. The molecule has 3 nitrogen and oxygen atoms in total. The van der Waals surface area contributed by atoms with Crippen molar-refractivity contribution in [3.8, 4) is 5.69 Å². The molecule has 0 fully saturated rings. The predicted octanol–water partition coefficient (Wildman–Crippen LogP) is 3.07. The number of benzene rings is 1. The van der Waals surface area contributed by atoms with Gasteiger partial charge in [0.05, 0.1) is 28.9 Å². The molecule has 2 rings (SSSR count). The highest BCUT2D eigenvalue weighted by molar-refractivity contribution is 6.30. The fourth-order valence-corrected chi connectivity index (χ4v) is 1.84. The van der Waals surface area contributed by atoms with Gasteiger partial charge in [0, 0.05) is 6.04 Å². The summed E-state index contributed by atoms with van der Waals surface area (Å²) in [5.74, 6) is -0.461. The fourth-order valence-electron chi connectivity index (χ4n) is 1.67. The van der Waals surface area contributed by atoms with Crippen LogP contribution in [0.15, 0.2) is 30.7 Å². The van der Waals surface area contributed by atoms with Crippen molar-refractivity contribution < 1.29 is 4.39 Å². The first-order valence-corrected chi connectivity index (χ1v) is 5.75. The highest BCUT2D eigenvalue weighted by atomic mass is 35.5. The van der Waals surface area contributed by atoms with Crippen molar-refractivity contribution in [3.63, 3.8) is 0 Å². The minimum atomic E-state index is -0.461.